The van der Waals surface area contributed by atoms with Crippen LogP contribution in [-0.2, 0) is 21.7 Å². The van der Waals surface area contributed by atoms with Crippen molar-refractivity contribution in [2.75, 3.05) is 18.7 Å². The van der Waals surface area contributed by atoms with Crippen molar-refractivity contribution in [1.82, 2.24) is 18.7 Å². The van der Waals surface area contributed by atoms with Gasteiger partial charge < -0.3 is 10.1 Å². The van der Waals surface area contributed by atoms with Gasteiger partial charge in [0.1, 0.15) is 11.6 Å². The van der Waals surface area contributed by atoms with E-state index in [1.54, 1.807) is 26.8 Å². The van der Waals surface area contributed by atoms with Gasteiger partial charge in [0.2, 0.25) is 10.0 Å². The molecular weight excluding hydrogens is 483 g/mol. The zero-order chi connectivity index (χ0) is 25.5. The first kappa shape index (κ1) is 23.2. The number of nitrogens with one attached hydrogen (secondary N) is 1. The number of rotatable bonds is 3. The standard InChI is InChI=1S/C23H22F3N5O3S/c1-12-28-29-21-22(2,3)27-15-11-17(34-4)18(19(23(24,25)26)20(15)31(12)21)14-7-6-8-16-13(14)9-10-30(16)35(5,32)33/h6-11,27H,1-5H3. The number of halogens is 3. The van der Waals surface area contributed by atoms with Gasteiger partial charge in [-0.2, -0.15) is 13.2 Å². The minimum Gasteiger partial charge on any atom is -0.496 e. The summed E-state index contributed by atoms with van der Waals surface area (Å²) in [5.74, 6) is 0.637. The lowest BCUT2D eigenvalue weighted by Crippen LogP contribution is -2.37. The Morgan fingerprint density at radius 1 is 1.14 bits per heavy atom. The number of fused-ring (bicyclic) bond motifs is 4. The van der Waals surface area contributed by atoms with E-state index in [-0.39, 0.29) is 33.8 Å². The molecule has 2 aromatic heterocycles. The van der Waals surface area contributed by atoms with E-state index in [1.165, 1.54) is 42.1 Å². The summed E-state index contributed by atoms with van der Waals surface area (Å²) in [5.41, 5.74) is -1.39. The van der Waals surface area contributed by atoms with Gasteiger partial charge in [-0.25, -0.2) is 12.4 Å². The molecule has 2 aromatic carbocycles. The number of hydrogen-bond acceptors (Lipinski definition) is 6. The highest BCUT2D eigenvalue weighted by molar-refractivity contribution is 7.89. The fourth-order valence-electron chi connectivity index (χ4n) is 4.76. The SMILES string of the molecule is COc1cc2c(c(C(F)(F)F)c1-c1cccc3c1ccn3S(C)(=O)=O)-n1c(C)nnc1C(C)(C)N2. The van der Waals surface area contributed by atoms with Gasteiger partial charge in [0.05, 0.1) is 41.4 Å². The minimum atomic E-state index is -4.80. The highest BCUT2D eigenvalue weighted by Gasteiger charge is 2.45. The summed E-state index contributed by atoms with van der Waals surface area (Å²) in [5, 5.41) is 11.7. The number of aryl methyl sites for hydroxylation is 1. The second-order valence-electron chi connectivity index (χ2n) is 8.99. The molecule has 3 heterocycles. The number of nitrogens with zero attached hydrogens (tertiary/aromatic N) is 4. The van der Waals surface area contributed by atoms with Crippen LogP contribution in [0.3, 0.4) is 0 Å². The van der Waals surface area contributed by atoms with Crippen LogP contribution in [0.15, 0.2) is 36.5 Å². The Labute approximate surface area is 199 Å². The maximum atomic E-state index is 14.9. The molecule has 1 N–H and O–H groups in total. The van der Waals surface area contributed by atoms with Crippen LogP contribution in [-0.4, -0.2) is 40.5 Å². The number of aromatic nitrogens is 4. The topological polar surface area (TPSA) is 91.0 Å². The zero-order valence-corrected chi connectivity index (χ0v) is 20.3. The Morgan fingerprint density at radius 2 is 1.86 bits per heavy atom. The highest BCUT2D eigenvalue weighted by atomic mass is 32.2. The van der Waals surface area contributed by atoms with Gasteiger partial charge >= 0.3 is 6.18 Å². The third-order valence-electron chi connectivity index (χ3n) is 6.15. The van der Waals surface area contributed by atoms with Gasteiger partial charge in [-0.15, -0.1) is 10.2 Å². The molecule has 1 aliphatic rings. The molecule has 0 atom stereocenters. The molecule has 8 nitrogen and oxygen atoms in total. The molecule has 0 saturated heterocycles. The van der Waals surface area contributed by atoms with E-state index in [0.717, 1.165) is 10.2 Å². The summed E-state index contributed by atoms with van der Waals surface area (Å²) in [6.45, 7) is 5.20. The lowest BCUT2D eigenvalue weighted by atomic mass is 9.90. The minimum absolute atomic E-state index is 0.00634. The smallest absolute Gasteiger partial charge is 0.419 e. The predicted molar refractivity (Wildman–Crippen MR) is 125 cm³/mol. The van der Waals surface area contributed by atoms with Crippen molar-refractivity contribution >= 4 is 26.6 Å². The van der Waals surface area contributed by atoms with E-state index in [9.17, 15) is 21.6 Å². The lowest BCUT2D eigenvalue weighted by molar-refractivity contribution is -0.137. The number of benzene rings is 2. The summed E-state index contributed by atoms with van der Waals surface area (Å²) in [6.07, 6.45) is -2.44. The molecule has 1 aliphatic heterocycles. The van der Waals surface area contributed by atoms with Gasteiger partial charge in [0, 0.05) is 23.2 Å². The quantitative estimate of drug-likeness (QED) is 0.434. The Kier molecular flexibility index (Phi) is 4.80. The van der Waals surface area contributed by atoms with E-state index in [0.29, 0.717) is 17.0 Å². The van der Waals surface area contributed by atoms with Crippen molar-refractivity contribution < 1.29 is 26.3 Å². The predicted octanol–water partition coefficient (Wildman–Crippen LogP) is 4.69. The van der Waals surface area contributed by atoms with Crippen molar-refractivity contribution in [3.8, 4) is 22.6 Å². The first-order chi connectivity index (χ1) is 16.3. The summed E-state index contributed by atoms with van der Waals surface area (Å²) in [7, 11) is -2.37. The molecule has 0 amide bonds. The number of anilines is 1. The van der Waals surface area contributed by atoms with Crippen molar-refractivity contribution in [2.24, 2.45) is 0 Å². The van der Waals surface area contributed by atoms with Crippen LogP contribution in [0.1, 0.15) is 31.1 Å². The lowest BCUT2D eigenvalue weighted by Gasteiger charge is -2.36. The average molecular weight is 506 g/mol. The Morgan fingerprint density at radius 3 is 2.49 bits per heavy atom. The average Bonchev–Trinajstić information content (AvgIpc) is 3.36. The van der Waals surface area contributed by atoms with Crippen molar-refractivity contribution in [3.63, 3.8) is 0 Å². The maximum Gasteiger partial charge on any atom is 0.419 e. The number of hydrogen-bond donors (Lipinski definition) is 1. The van der Waals surface area contributed by atoms with Gasteiger partial charge in [0.25, 0.3) is 0 Å². The summed E-state index contributed by atoms with van der Waals surface area (Å²) >= 11 is 0. The maximum absolute atomic E-state index is 14.9. The fourth-order valence-corrected chi connectivity index (χ4v) is 5.56. The van der Waals surface area contributed by atoms with Crippen LogP contribution in [0.25, 0.3) is 27.7 Å². The van der Waals surface area contributed by atoms with E-state index in [4.69, 9.17) is 4.74 Å². The summed E-state index contributed by atoms with van der Waals surface area (Å²) in [6, 6.07) is 7.60. The highest BCUT2D eigenvalue weighted by Crippen LogP contribution is 2.52. The van der Waals surface area contributed by atoms with Crippen LogP contribution in [0.5, 0.6) is 5.75 Å². The molecule has 0 spiro atoms. The first-order valence-electron chi connectivity index (χ1n) is 10.6. The molecule has 184 valence electrons. The molecule has 0 saturated carbocycles. The largest absolute Gasteiger partial charge is 0.496 e. The van der Waals surface area contributed by atoms with Crippen LogP contribution >= 0.6 is 0 Å². The van der Waals surface area contributed by atoms with Gasteiger partial charge in [-0.05, 0) is 38.5 Å². The first-order valence-corrected chi connectivity index (χ1v) is 12.4. The molecule has 0 bridgehead atoms. The second kappa shape index (κ2) is 7.23. The molecule has 0 unspecified atom stereocenters. The molecule has 0 radical (unpaired) electrons. The zero-order valence-electron chi connectivity index (χ0n) is 19.5. The molecule has 5 rings (SSSR count). The van der Waals surface area contributed by atoms with Crippen molar-refractivity contribution in [1.29, 1.82) is 0 Å². The van der Waals surface area contributed by atoms with Gasteiger partial charge in [-0.1, -0.05) is 12.1 Å². The van der Waals surface area contributed by atoms with Gasteiger partial charge in [-0.3, -0.25) is 4.57 Å². The Balaban J connectivity index is 1.96. The van der Waals surface area contributed by atoms with E-state index in [2.05, 4.69) is 15.5 Å². The van der Waals surface area contributed by atoms with Crippen LogP contribution in [0.2, 0.25) is 0 Å². The number of ether oxygens (including phenoxy) is 1. The van der Waals surface area contributed by atoms with Crippen molar-refractivity contribution in [3.05, 3.63) is 53.7 Å². The molecular formula is C23H22F3N5O3S. The third-order valence-corrected chi connectivity index (χ3v) is 7.18. The van der Waals surface area contributed by atoms with Crippen LogP contribution in [0, 0.1) is 6.92 Å². The molecule has 35 heavy (non-hydrogen) atoms. The number of methoxy groups -OCH3 is 1. The monoisotopic (exact) mass is 505 g/mol. The van der Waals surface area contributed by atoms with Crippen LogP contribution < -0.4 is 10.1 Å². The van der Waals surface area contributed by atoms with Gasteiger partial charge in [0.15, 0.2) is 5.82 Å². The molecule has 0 aliphatic carbocycles. The van der Waals surface area contributed by atoms with E-state index < -0.39 is 27.3 Å². The summed E-state index contributed by atoms with van der Waals surface area (Å²) < 4.78 is 77.2. The molecule has 0 fully saturated rings. The van der Waals surface area contributed by atoms with Crippen molar-refractivity contribution in [2.45, 2.75) is 32.5 Å². The Bertz CT molecular complexity index is 1620. The van der Waals surface area contributed by atoms with E-state index >= 15 is 0 Å². The third kappa shape index (κ3) is 3.38. The van der Waals surface area contributed by atoms with Crippen LogP contribution in [0.4, 0.5) is 18.9 Å². The second-order valence-corrected chi connectivity index (χ2v) is 10.9. The molecule has 12 heteroatoms. The number of alkyl halides is 3. The van der Waals surface area contributed by atoms with E-state index in [1.807, 2.05) is 0 Å². The normalized spacial score (nSPS) is 15.0. The molecule has 4 aromatic rings. The summed E-state index contributed by atoms with van der Waals surface area (Å²) in [4.78, 5) is 0. The fraction of sp³-hybridized carbons (Fsp3) is 0.304. The Hall–Kier alpha value is -3.54.